The summed E-state index contributed by atoms with van der Waals surface area (Å²) in [5.74, 6) is 0.703. The zero-order valence-corrected chi connectivity index (χ0v) is 23.6. The summed E-state index contributed by atoms with van der Waals surface area (Å²) in [6.45, 7) is 4.18. The third-order valence-electron chi connectivity index (χ3n) is 6.61. The molecule has 0 unspecified atom stereocenters. The molecule has 0 spiro atoms. The van der Waals surface area contributed by atoms with Gasteiger partial charge < -0.3 is 40.2 Å². The Morgan fingerprint density at radius 1 is 0.897 bits per heavy atom. The number of nitrogens with one attached hydrogen (secondary N) is 4. The number of hydrogen-bond donors (Lipinski definition) is 4. The molecule has 11 nitrogen and oxygen atoms in total. The van der Waals surface area contributed by atoms with E-state index in [0.29, 0.717) is 64.4 Å². The highest BCUT2D eigenvalue weighted by Crippen LogP contribution is 2.33. The van der Waals surface area contributed by atoms with E-state index < -0.39 is 0 Å². The standard InChI is InChI=1S/C27H44N4O7S/c32-24(8-4-3-7-23-26-22(20-39-23)30-27(34)31-26)28-10-11-29-25(33)19-38-18-17-37-16-15-36-14-13-35-12-9-21-5-1-2-6-21/h1-2,5,22-23,26H,3-4,6-20H2,(H,28,32)(H,29,33)(H2,30,31,34)/t22-,23-,26-/m0/s1. The fourth-order valence-corrected chi connectivity index (χ4v) is 6.07. The fraction of sp³-hybridized carbons (Fsp3) is 0.741. The lowest BCUT2D eigenvalue weighted by molar-refractivity contribution is -0.126. The third kappa shape index (κ3) is 13.2. The number of allylic oxidation sites excluding steroid dienone is 3. The Bertz CT molecular complexity index is 826. The molecule has 3 aliphatic rings. The van der Waals surface area contributed by atoms with Crippen LogP contribution in [-0.4, -0.2) is 107 Å². The van der Waals surface area contributed by atoms with Gasteiger partial charge in [-0.3, -0.25) is 9.59 Å². The highest BCUT2D eigenvalue weighted by atomic mass is 32.2. The van der Waals surface area contributed by atoms with Crippen molar-refractivity contribution in [1.82, 2.24) is 21.3 Å². The number of hydrogen-bond acceptors (Lipinski definition) is 8. The zero-order valence-electron chi connectivity index (χ0n) is 22.8. The molecule has 4 amide bonds. The second-order valence-corrected chi connectivity index (χ2v) is 10.9. The van der Waals surface area contributed by atoms with Crippen LogP contribution >= 0.6 is 11.8 Å². The second kappa shape index (κ2) is 19.0. The molecule has 2 fully saturated rings. The Labute approximate surface area is 235 Å². The molecule has 12 heteroatoms. The number of fused-ring (bicyclic) bond motifs is 1. The minimum atomic E-state index is -0.228. The van der Waals surface area contributed by atoms with Crippen molar-refractivity contribution >= 4 is 29.6 Å². The van der Waals surface area contributed by atoms with Gasteiger partial charge in [-0.25, -0.2) is 4.79 Å². The normalized spacial score (nSPS) is 21.4. The molecular formula is C27H44N4O7S. The first-order valence-electron chi connectivity index (χ1n) is 14.0. The van der Waals surface area contributed by atoms with Gasteiger partial charge in [0.1, 0.15) is 6.61 Å². The maximum absolute atomic E-state index is 12.0. The van der Waals surface area contributed by atoms with Crippen LogP contribution in [0.15, 0.2) is 23.8 Å². The second-order valence-electron chi connectivity index (χ2n) is 9.66. The van der Waals surface area contributed by atoms with Gasteiger partial charge in [0.15, 0.2) is 0 Å². The molecule has 4 N–H and O–H groups in total. The third-order valence-corrected chi connectivity index (χ3v) is 8.12. The van der Waals surface area contributed by atoms with Crippen LogP contribution in [-0.2, 0) is 28.5 Å². The van der Waals surface area contributed by atoms with Crippen LogP contribution < -0.4 is 21.3 Å². The average molecular weight is 569 g/mol. The lowest BCUT2D eigenvalue weighted by atomic mass is 10.0. The summed E-state index contributed by atoms with van der Waals surface area (Å²) < 4.78 is 21.7. The van der Waals surface area contributed by atoms with Crippen molar-refractivity contribution in [2.45, 2.75) is 55.9 Å². The van der Waals surface area contributed by atoms with Crippen molar-refractivity contribution in [3.05, 3.63) is 23.8 Å². The summed E-state index contributed by atoms with van der Waals surface area (Å²) in [5, 5.41) is 11.9. The molecule has 0 aromatic carbocycles. The van der Waals surface area contributed by atoms with Crippen molar-refractivity contribution in [2.75, 3.05) is 71.7 Å². The van der Waals surface area contributed by atoms with Crippen molar-refractivity contribution in [1.29, 1.82) is 0 Å². The summed E-state index contributed by atoms with van der Waals surface area (Å²) >= 11 is 1.89. The van der Waals surface area contributed by atoms with Crippen LogP contribution in [0.25, 0.3) is 0 Å². The topological polar surface area (TPSA) is 136 Å². The van der Waals surface area contributed by atoms with E-state index in [4.69, 9.17) is 18.9 Å². The molecule has 1 aliphatic carbocycles. The van der Waals surface area contributed by atoms with Gasteiger partial charge in [0.25, 0.3) is 0 Å². The van der Waals surface area contributed by atoms with Crippen molar-refractivity contribution in [3.63, 3.8) is 0 Å². The van der Waals surface area contributed by atoms with E-state index in [2.05, 4.69) is 39.5 Å². The van der Waals surface area contributed by atoms with Gasteiger partial charge in [-0.05, 0) is 25.7 Å². The maximum atomic E-state index is 12.0. The predicted molar refractivity (Wildman–Crippen MR) is 150 cm³/mol. The van der Waals surface area contributed by atoms with E-state index in [1.54, 1.807) is 0 Å². The number of carbonyl (C=O) groups is 3. The van der Waals surface area contributed by atoms with Crippen molar-refractivity contribution < 1.29 is 33.3 Å². The summed E-state index contributed by atoms with van der Waals surface area (Å²) in [7, 11) is 0. The van der Waals surface area contributed by atoms with E-state index in [0.717, 1.165) is 44.5 Å². The van der Waals surface area contributed by atoms with E-state index in [1.165, 1.54) is 5.57 Å². The first-order chi connectivity index (χ1) is 19.1. The number of thioether (sulfide) groups is 1. The quantitative estimate of drug-likeness (QED) is 0.113. The first-order valence-corrected chi connectivity index (χ1v) is 15.0. The SMILES string of the molecule is O=C(CCCC[C@@H]1SC[C@@H]2NC(=O)N[C@@H]21)NCCNC(=O)COCCOCCOCCOCCC1=CC=CC1. The Morgan fingerprint density at radius 3 is 2.31 bits per heavy atom. The molecular weight excluding hydrogens is 524 g/mol. The first kappa shape index (κ1) is 31.4. The maximum Gasteiger partial charge on any atom is 0.315 e. The van der Waals surface area contributed by atoms with E-state index in [9.17, 15) is 14.4 Å². The molecule has 0 bridgehead atoms. The highest BCUT2D eigenvalue weighted by Gasteiger charge is 2.42. The van der Waals surface area contributed by atoms with Gasteiger partial charge >= 0.3 is 6.03 Å². The molecule has 0 aromatic rings. The molecule has 2 aliphatic heterocycles. The number of unbranched alkanes of at least 4 members (excludes halogenated alkanes) is 1. The monoisotopic (exact) mass is 568 g/mol. The van der Waals surface area contributed by atoms with Crippen LogP contribution in [0.1, 0.15) is 38.5 Å². The number of amides is 4. The number of urea groups is 1. The van der Waals surface area contributed by atoms with Crippen LogP contribution in [0.5, 0.6) is 0 Å². The molecule has 39 heavy (non-hydrogen) atoms. The van der Waals surface area contributed by atoms with E-state index in [1.807, 2.05) is 11.8 Å². The van der Waals surface area contributed by atoms with Gasteiger partial charge in [-0.1, -0.05) is 30.2 Å². The number of carbonyl (C=O) groups excluding carboxylic acids is 3. The van der Waals surface area contributed by atoms with Gasteiger partial charge in [-0.15, -0.1) is 0 Å². The number of rotatable bonds is 22. The molecule has 0 aromatic heterocycles. The van der Waals surface area contributed by atoms with Crippen LogP contribution in [0.4, 0.5) is 4.79 Å². The summed E-state index contributed by atoms with van der Waals surface area (Å²) in [5.41, 5.74) is 1.41. The molecule has 2 saturated heterocycles. The lowest BCUT2D eigenvalue weighted by Crippen LogP contribution is -2.37. The molecule has 3 rings (SSSR count). The van der Waals surface area contributed by atoms with Gasteiger partial charge in [-0.2, -0.15) is 11.8 Å². The van der Waals surface area contributed by atoms with Gasteiger partial charge in [0, 0.05) is 30.5 Å². The minimum Gasteiger partial charge on any atom is -0.379 e. The van der Waals surface area contributed by atoms with Crippen molar-refractivity contribution in [3.8, 4) is 0 Å². The summed E-state index contributed by atoms with van der Waals surface area (Å²) in [4.78, 5) is 35.2. The van der Waals surface area contributed by atoms with Crippen LogP contribution in [0, 0.1) is 0 Å². The van der Waals surface area contributed by atoms with Crippen LogP contribution in [0.2, 0.25) is 0 Å². The highest BCUT2D eigenvalue weighted by molar-refractivity contribution is 8.00. The largest absolute Gasteiger partial charge is 0.379 e. The average Bonchev–Trinajstić information content (AvgIpc) is 3.66. The molecule has 2 heterocycles. The zero-order chi connectivity index (χ0) is 27.5. The Hall–Kier alpha value is -2.12. The Balaban J connectivity index is 1.01. The van der Waals surface area contributed by atoms with Gasteiger partial charge in [0.2, 0.25) is 11.8 Å². The molecule has 0 saturated carbocycles. The summed E-state index contributed by atoms with van der Waals surface area (Å²) in [6.07, 6.45) is 11.6. The lowest BCUT2D eigenvalue weighted by Gasteiger charge is -2.16. The summed E-state index contributed by atoms with van der Waals surface area (Å²) in [6, 6.07) is 0.371. The predicted octanol–water partition coefficient (Wildman–Crippen LogP) is 1.29. The molecule has 0 radical (unpaired) electrons. The smallest absolute Gasteiger partial charge is 0.315 e. The van der Waals surface area contributed by atoms with Crippen molar-refractivity contribution in [2.24, 2.45) is 0 Å². The van der Waals surface area contributed by atoms with Gasteiger partial charge in [0.05, 0.1) is 58.3 Å². The fourth-order valence-electron chi connectivity index (χ4n) is 4.52. The van der Waals surface area contributed by atoms with E-state index >= 15 is 0 Å². The number of ether oxygens (including phenoxy) is 4. The van der Waals surface area contributed by atoms with Crippen LogP contribution in [0.3, 0.4) is 0 Å². The molecule has 3 atom stereocenters. The Morgan fingerprint density at radius 2 is 1.59 bits per heavy atom. The minimum absolute atomic E-state index is 0.0168. The molecule has 220 valence electrons. The Kier molecular flexibility index (Phi) is 15.3. The van der Waals surface area contributed by atoms with E-state index in [-0.39, 0.29) is 36.5 Å².